The molecule has 2 aromatic carbocycles. The number of piperazine rings is 1. The average molecular weight is 431 g/mol. The highest BCUT2D eigenvalue weighted by Crippen LogP contribution is 2.28. The van der Waals surface area contributed by atoms with Crippen molar-refractivity contribution < 1.29 is 18.1 Å². The first-order valence-electron chi connectivity index (χ1n) is 10.5. The van der Waals surface area contributed by atoms with Gasteiger partial charge in [-0.05, 0) is 81.1 Å². The lowest BCUT2D eigenvalue weighted by molar-refractivity contribution is -0.902. The fraction of sp³-hybridized carbons (Fsp3) is 0.435. The second kappa shape index (κ2) is 8.78. The first-order valence-corrected chi connectivity index (χ1v) is 12.0. The Kier molecular flexibility index (Phi) is 6.53. The van der Waals surface area contributed by atoms with Crippen LogP contribution in [0.2, 0.25) is 0 Å². The number of amides is 1. The van der Waals surface area contributed by atoms with Gasteiger partial charge in [-0.25, -0.2) is 8.42 Å². The summed E-state index contributed by atoms with van der Waals surface area (Å²) >= 11 is 0. The molecule has 7 heteroatoms. The van der Waals surface area contributed by atoms with Gasteiger partial charge in [-0.1, -0.05) is 6.07 Å². The minimum Gasteiger partial charge on any atom is -0.332 e. The van der Waals surface area contributed by atoms with Crippen LogP contribution in [0, 0.1) is 27.7 Å². The number of nitrogens with zero attached hydrogens (tertiary/aromatic N) is 1. The Labute approximate surface area is 179 Å². The Morgan fingerprint density at radius 2 is 1.53 bits per heavy atom. The molecule has 162 valence electrons. The molecule has 0 bridgehead atoms. The number of anilines is 1. The van der Waals surface area contributed by atoms with Gasteiger partial charge in [0.25, 0.3) is 15.9 Å². The third kappa shape index (κ3) is 4.52. The molecule has 0 aliphatic carbocycles. The Balaban J connectivity index is 1.77. The van der Waals surface area contributed by atoms with Crippen LogP contribution in [0.15, 0.2) is 35.2 Å². The van der Waals surface area contributed by atoms with E-state index in [4.69, 9.17) is 0 Å². The number of aryl methyl sites for hydroxylation is 2. The average Bonchev–Trinajstić information content (AvgIpc) is 2.72. The SMILES string of the molecule is CC[NH+]1CCN(C(=O)c2ccc(NS(=O)(=O)c3c(C)c(C)cc(C)c3C)cc2)CC1. The lowest BCUT2D eigenvalue weighted by atomic mass is 10.0. The predicted molar refractivity (Wildman–Crippen MR) is 120 cm³/mol. The highest BCUT2D eigenvalue weighted by Gasteiger charge is 2.25. The number of carbonyl (C=O) groups is 1. The summed E-state index contributed by atoms with van der Waals surface area (Å²) in [6.07, 6.45) is 0. The van der Waals surface area contributed by atoms with E-state index >= 15 is 0 Å². The van der Waals surface area contributed by atoms with Gasteiger partial charge in [0, 0.05) is 11.3 Å². The van der Waals surface area contributed by atoms with Crippen molar-refractivity contribution in [2.24, 2.45) is 0 Å². The number of likely N-dealkylation sites (N-methyl/N-ethyl adjacent to an activating group) is 1. The predicted octanol–water partition coefficient (Wildman–Crippen LogP) is 2.08. The van der Waals surface area contributed by atoms with Gasteiger partial charge in [0.05, 0.1) is 37.6 Å². The van der Waals surface area contributed by atoms with Crippen molar-refractivity contribution in [2.75, 3.05) is 37.4 Å². The molecule has 2 N–H and O–H groups in total. The summed E-state index contributed by atoms with van der Waals surface area (Å²) in [6, 6.07) is 8.71. The van der Waals surface area contributed by atoms with E-state index in [9.17, 15) is 13.2 Å². The van der Waals surface area contributed by atoms with E-state index < -0.39 is 10.0 Å². The number of hydrogen-bond acceptors (Lipinski definition) is 3. The Hall–Kier alpha value is -2.38. The monoisotopic (exact) mass is 430 g/mol. The van der Waals surface area contributed by atoms with Crippen molar-refractivity contribution in [1.82, 2.24) is 4.90 Å². The number of hydrogen-bond donors (Lipinski definition) is 2. The van der Waals surface area contributed by atoms with E-state index in [0.29, 0.717) is 16.1 Å². The molecule has 1 aliphatic heterocycles. The summed E-state index contributed by atoms with van der Waals surface area (Å²) in [4.78, 5) is 16.5. The number of nitrogens with one attached hydrogen (secondary N) is 2. The molecule has 2 aromatic rings. The topological polar surface area (TPSA) is 70.9 Å². The summed E-state index contributed by atoms with van der Waals surface area (Å²) < 4.78 is 28.8. The molecule has 30 heavy (non-hydrogen) atoms. The maximum Gasteiger partial charge on any atom is 0.262 e. The molecule has 0 spiro atoms. The van der Waals surface area contributed by atoms with E-state index in [1.807, 2.05) is 38.7 Å². The third-order valence-corrected chi connectivity index (χ3v) is 7.86. The molecule has 1 aliphatic rings. The molecule has 0 radical (unpaired) electrons. The Morgan fingerprint density at radius 1 is 1.00 bits per heavy atom. The molecule has 1 amide bonds. The van der Waals surface area contributed by atoms with Crippen LogP contribution in [0.5, 0.6) is 0 Å². The van der Waals surface area contributed by atoms with Gasteiger partial charge in [0.1, 0.15) is 0 Å². The van der Waals surface area contributed by atoms with Crippen LogP contribution in [0.4, 0.5) is 5.69 Å². The lowest BCUT2D eigenvalue weighted by Crippen LogP contribution is -3.14. The molecular weight excluding hydrogens is 398 g/mol. The molecule has 0 aromatic heterocycles. The van der Waals surface area contributed by atoms with Gasteiger partial charge in [-0.3, -0.25) is 9.52 Å². The first kappa shape index (κ1) is 22.3. The normalized spacial score (nSPS) is 15.3. The fourth-order valence-corrected chi connectivity index (χ4v) is 5.71. The maximum absolute atomic E-state index is 13.1. The van der Waals surface area contributed by atoms with Gasteiger partial charge in [0.15, 0.2) is 0 Å². The van der Waals surface area contributed by atoms with E-state index in [1.54, 1.807) is 24.3 Å². The number of carbonyl (C=O) groups excluding carboxylic acids is 1. The van der Waals surface area contributed by atoms with Crippen LogP contribution in [0.1, 0.15) is 39.5 Å². The molecular formula is C23H32N3O3S+. The maximum atomic E-state index is 13.1. The van der Waals surface area contributed by atoms with Crippen molar-refractivity contribution in [3.8, 4) is 0 Å². The van der Waals surface area contributed by atoms with Gasteiger partial charge in [-0.2, -0.15) is 0 Å². The number of rotatable bonds is 5. The molecule has 0 unspecified atom stereocenters. The Morgan fingerprint density at radius 3 is 2.03 bits per heavy atom. The largest absolute Gasteiger partial charge is 0.332 e. The van der Waals surface area contributed by atoms with Gasteiger partial charge >= 0.3 is 0 Å². The van der Waals surface area contributed by atoms with E-state index in [0.717, 1.165) is 55.0 Å². The van der Waals surface area contributed by atoms with E-state index in [1.165, 1.54) is 4.90 Å². The minimum absolute atomic E-state index is 0.000517. The molecule has 6 nitrogen and oxygen atoms in total. The molecule has 0 saturated carbocycles. The van der Waals surface area contributed by atoms with Gasteiger partial charge in [0.2, 0.25) is 0 Å². The zero-order valence-corrected chi connectivity index (χ0v) is 19.3. The number of quaternary nitrogens is 1. The summed E-state index contributed by atoms with van der Waals surface area (Å²) in [5.74, 6) is 0.000517. The molecule has 1 fully saturated rings. The molecule has 0 atom stereocenters. The van der Waals surface area contributed by atoms with Crippen LogP contribution in [-0.2, 0) is 10.0 Å². The van der Waals surface area contributed by atoms with Crippen molar-refractivity contribution in [3.63, 3.8) is 0 Å². The molecule has 1 heterocycles. The Bertz CT molecular complexity index is 1010. The van der Waals surface area contributed by atoms with Crippen LogP contribution in [0.25, 0.3) is 0 Å². The zero-order chi connectivity index (χ0) is 22.1. The standard InChI is InChI=1S/C23H31N3O3S/c1-6-25-11-13-26(14-12-25)23(27)20-7-9-21(10-8-20)24-30(28,29)22-18(4)16(2)15-17(3)19(22)5/h7-10,15,24H,6,11-14H2,1-5H3/p+1. The molecule has 1 saturated heterocycles. The van der Waals surface area contributed by atoms with Crippen molar-refractivity contribution >= 4 is 21.6 Å². The van der Waals surface area contributed by atoms with Crippen LogP contribution in [-0.4, -0.2) is 51.9 Å². The summed E-state index contributed by atoms with van der Waals surface area (Å²) in [5, 5.41) is 0. The van der Waals surface area contributed by atoms with Gasteiger partial charge in [-0.15, -0.1) is 0 Å². The van der Waals surface area contributed by atoms with Crippen molar-refractivity contribution in [2.45, 2.75) is 39.5 Å². The third-order valence-electron chi connectivity index (χ3n) is 6.21. The summed E-state index contributed by atoms with van der Waals surface area (Å²) in [6.45, 7) is 14.2. The number of sulfonamides is 1. The first-order chi connectivity index (χ1) is 14.1. The number of benzene rings is 2. The van der Waals surface area contributed by atoms with Crippen LogP contribution in [0.3, 0.4) is 0 Å². The molecule has 3 rings (SSSR count). The highest BCUT2D eigenvalue weighted by molar-refractivity contribution is 7.92. The van der Waals surface area contributed by atoms with Crippen LogP contribution >= 0.6 is 0 Å². The quantitative estimate of drug-likeness (QED) is 0.763. The van der Waals surface area contributed by atoms with Crippen molar-refractivity contribution in [3.05, 3.63) is 58.1 Å². The van der Waals surface area contributed by atoms with Crippen molar-refractivity contribution in [1.29, 1.82) is 0 Å². The second-order valence-corrected chi connectivity index (χ2v) is 9.79. The zero-order valence-electron chi connectivity index (χ0n) is 18.5. The van der Waals surface area contributed by atoms with Crippen LogP contribution < -0.4 is 9.62 Å². The smallest absolute Gasteiger partial charge is 0.262 e. The fourth-order valence-electron chi connectivity index (χ4n) is 4.03. The second-order valence-electron chi connectivity index (χ2n) is 8.17. The summed E-state index contributed by atoms with van der Waals surface area (Å²) in [7, 11) is -3.73. The highest BCUT2D eigenvalue weighted by atomic mass is 32.2. The van der Waals surface area contributed by atoms with E-state index in [2.05, 4.69) is 11.6 Å². The lowest BCUT2D eigenvalue weighted by Gasteiger charge is -2.31. The summed E-state index contributed by atoms with van der Waals surface area (Å²) in [5.41, 5.74) is 4.44. The minimum atomic E-state index is -3.73. The van der Waals surface area contributed by atoms with Gasteiger partial charge < -0.3 is 9.80 Å². The van der Waals surface area contributed by atoms with E-state index in [-0.39, 0.29) is 5.91 Å².